The predicted molar refractivity (Wildman–Crippen MR) is 55.9 cm³/mol. The Morgan fingerprint density at radius 3 is 3.07 bits per heavy atom. The molecule has 4 nitrogen and oxygen atoms in total. The van der Waals surface area contributed by atoms with Crippen molar-refractivity contribution in [3.8, 4) is 0 Å². The Kier molecular flexibility index (Phi) is 4.58. The molecule has 0 aliphatic rings. The van der Waals surface area contributed by atoms with Crippen molar-refractivity contribution in [1.82, 2.24) is 5.43 Å². The summed E-state index contributed by atoms with van der Waals surface area (Å²) in [5, 5.41) is 0. The first-order valence-corrected chi connectivity index (χ1v) is 5.27. The number of ether oxygens (including phenoxy) is 1. The molecule has 0 aliphatic heterocycles. The number of nitrogens with two attached hydrogens (primary N) is 1. The minimum absolute atomic E-state index is 0.253. The number of hydrazine groups is 1. The van der Waals surface area contributed by atoms with E-state index in [9.17, 15) is 4.79 Å². The predicted octanol–water partition coefficient (Wildman–Crippen LogP) is 1.28. The summed E-state index contributed by atoms with van der Waals surface area (Å²) >= 11 is 1.40. The van der Waals surface area contributed by atoms with Crippen LogP contribution in [0.25, 0.3) is 0 Å². The molecule has 0 atom stereocenters. The highest BCUT2D eigenvalue weighted by molar-refractivity contribution is 7.14. The molecule has 0 saturated heterocycles. The maximum Gasteiger partial charge on any atom is 0.275 e. The van der Waals surface area contributed by atoms with Gasteiger partial charge in [0.15, 0.2) is 0 Å². The summed E-state index contributed by atoms with van der Waals surface area (Å²) in [6.45, 7) is 3.37. The highest BCUT2D eigenvalue weighted by atomic mass is 32.1. The second kappa shape index (κ2) is 5.74. The van der Waals surface area contributed by atoms with Crippen molar-refractivity contribution in [3.05, 3.63) is 21.9 Å². The summed E-state index contributed by atoms with van der Waals surface area (Å²) in [4.78, 5) is 12.7. The third-order valence-corrected chi connectivity index (χ3v) is 2.67. The molecule has 1 heterocycles. The van der Waals surface area contributed by atoms with Gasteiger partial charge in [-0.15, -0.1) is 11.3 Å². The molecule has 14 heavy (non-hydrogen) atoms. The van der Waals surface area contributed by atoms with Gasteiger partial charge in [-0.25, -0.2) is 5.84 Å². The molecule has 0 radical (unpaired) electrons. The molecule has 0 aromatic carbocycles. The minimum Gasteiger partial charge on any atom is -0.376 e. The molecule has 0 unspecified atom stereocenters. The molecular formula is C9H14N2O2S. The van der Waals surface area contributed by atoms with Crippen molar-refractivity contribution >= 4 is 17.2 Å². The van der Waals surface area contributed by atoms with Crippen LogP contribution in [0, 0.1) is 0 Å². The third-order valence-electron chi connectivity index (χ3n) is 1.61. The number of nitrogen functional groups attached to an aromatic ring is 1. The normalized spacial score (nSPS) is 10.1. The van der Waals surface area contributed by atoms with Crippen molar-refractivity contribution in [1.29, 1.82) is 0 Å². The van der Waals surface area contributed by atoms with Crippen LogP contribution >= 0.6 is 11.3 Å². The van der Waals surface area contributed by atoms with E-state index in [2.05, 4.69) is 12.3 Å². The lowest BCUT2D eigenvalue weighted by molar-refractivity contribution is 0.0957. The van der Waals surface area contributed by atoms with Crippen LogP contribution in [0.2, 0.25) is 0 Å². The highest BCUT2D eigenvalue weighted by Crippen LogP contribution is 2.16. The summed E-state index contributed by atoms with van der Waals surface area (Å²) in [6.07, 6.45) is 1.00. The van der Waals surface area contributed by atoms with Gasteiger partial charge < -0.3 is 4.74 Å². The molecule has 5 heteroatoms. The average Bonchev–Trinajstić information content (AvgIpc) is 2.66. The van der Waals surface area contributed by atoms with Gasteiger partial charge >= 0.3 is 0 Å². The molecule has 1 rings (SSSR count). The minimum atomic E-state index is -0.253. The number of rotatable bonds is 5. The van der Waals surface area contributed by atoms with E-state index < -0.39 is 0 Å². The molecule has 3 N–H and O–H groups in total. The van der Waals surface area contributed by atoms with Gasteiger partial charge in [-0.05, 0) is 18.6 Å². The molecule has 1 aromatic rings. The number of amides is 1. The van der Waals surface area contributed by atoms with E-state index in [0.717, 1.165) is 17.9 Å². The van der Waals surface area contributed by atoms with Crippen LogP contribution in [0.3, 0.4) is 0 Å². The fourth-order valence-electron chi connectivity index (χ4n) is 0.966. The second-order valence-corrected chi connectivity index (χ2v) is 3.96. The Morgan fingerprint density at radius 2 is 2.43 bits per heavy atom. The molecule has 0 spiro atoms. The van der Waals surface area contributed by atoms with Crippen LogP contribution in [0.1, 0.15) is 27.9 Å². The smallest absolute Gasteiger partial charge is 0.275 e. The van der Waals surface area contributed by atoms with Gasteiger partial charge in [0.1, 0.15) is 0 Å². The zero-order chi connectivity index (χ0) is 10.4. The van der Waals surface area contributed by atoms with Crippen LogP contribution in [0.15, 0.2) is 12.1 Å². The highest BCUT2D eigenvalue weighted by Gasteiger charge is 2.06. The number of nitrogens with one attached hydrogen (secondary N) is 1. The first-order valence-electron chi connectivity index (χ1n) is 4.45. The summed E-state index contributed by atoms with van der Waals surface area (Å²) in [7, 11) is 0. The maximum atomic E-state index is 11.1. The molecule has 0 saturated carbocycles. The van der Waals surface area contributed by atoms with Gasteiger partial charge in [-0.1, -0.05) is 6.92 Å². The van der Waals surface area contributed by atoms with E-state index in [1.54, 1.807) is 6.07 Å². The maximum absolute atomic E-state index is 11.1. The third kappa shape index (κ3) is 3.10. The summed E-state index contributed by atoms with van der Waals surface area (Å²) in [5.41, 5.74) is 2.09. The number of hydrogen-bond acceptors (Lipinski definition) is 4. The van der Waals surface area contributed by atoms with Crippen molar-refractivity contribution in [2.75, 3.05) is 6.61 Å². The molecular weight excluding hydrogens is 200 g/mol. The fourth-order valence-corrected chi connectivity index (χ4v) is 1.81. The quantitative estimate of drug-likeness (QED) is 0.336. The van der Waals surface area contributed by atoms with E-state index in [0.29, 0.717) is 11.5 Å². The van der Waals surface area contributed by atoms with Crippen molar-refractivity contribution in [3.63, 3.8) is 0 Å². The summed E-state index contributed by atoms with van der Waals surface area (Å²) in [5.74, 6) is 4.76. The Labute approximate surface area is 87.0 Å². The van der Waals surface area contributed by atoms with Crippen LogP contribution in [-0.4, -0.2) is 12.5 Å². The lowest BCUT2D eigenvalue weighted by Gasteiger charge is -1.98. The number of carbonyl (C=O) groups is 1. The largest absolute Gasteiger partial charge is 0.376 e. The van der Waals surface area contributed by atoms with Crippen LogP contribution in [0.4, 0.5) is 0 Å². The Hall–Kier alpha value is -0.910. The number of carbonyl (C=O) groups excluding carboxylic acids is 1. The monoisotopic (exact) mass is 214 g/mol. The van der Waals surface area contributed by atoms with Crippen molar-refractivity contribution in [2.45, 2.75) is 20.0 Å². The SMILES string of the molecule is CCCOCc1ccc(C(=O)NN)s1. The molecule has 0 bridgehead atoms. The molecule has 0 fully saturated rings. The average molecular weight is 214 g/mol. The Bertz CT molecular complexity index is 299. The summed E-state index contributed by atoms with van der Waals surface area (Å²) in [6, 6.07) is 3.63. The van der Waals surface area contributed by atoms with Gasteiger partial charge in [-0.2, -0.15) is 0 Å². The van der Waals surface area contributed by atoms with Gasteiger partial charge in [0, 0.05) is 11.5 Å². The Balaban J connectivity index is 2.46. The van der Waals surface area contributed by atoms with Gasteiger partial charge in [0.2, 0.25) is 0 Å². The van der Waals surface area contributed by atoms with Crippen molar-refractivity contribution in [2.24, 2.45) is 5.84 Å². The van der Waals surface area contributed by atoms with E-state index in [1.165, 1.54) is 11.3 Å². The van der Waals surface area contributed by atoms with E-state index in [-0.39, 0.29) is 5.91 Å². The van der Waals surface area contributed by atoms with Gasteiger partial charge in [-0.3, -0.25) is 10.2 Å². The van der Waals surface area contributed by atoms with Gasteiger partial charge in [0.25, 0.3) is 5.91 Å². The van der Waals surface area contributed by atoms with E-state index in [4.69, 9.17) is 10.6 Å². The lowest BCUT2D eigenvalue weighted by Crippen LogP contribution is -2.29. The zero-order valence-corrected chi connectivity index (χ0v) is 8.89. The zero-order valence-electron chi connectivity index (χ0n) is 8.08. The van der Waals surface area contributed by atoms with E-state index >= 15 is 0 Å². The molecule has 1 amide bonds. The van der Waals surface area contributed by atoms with Crippen molar-refractivity contribution < 1.29 is 9.53 Å². The van der Waals surface area contributed by atoms with Crippen LogP contribution in [-0.2, 0) is 11.3 Å². The van der Waals surface area contributed by atoms with Gasteiger partial charge in [0.05, 0.1) is 11.5 Å². The van der Waals surface area contributed by atoms with E-state index in [1.807, 2.05) is 6.07 Å². The lowest BCUT2D eigenvalue weighted by atomic mass is 10.4. The molecule has 78 valence electrons. The first-order chi connectivity index (χ1) is 6.77. The Morgan fingerprint density at radius 1 is 1.64 bits per heavy atom. The first kappa shape index (κ1) is 11.2. The van der Waals surface area contributed by atoms with Crippen LogP contribution in [0.5, 0.6) is 0 Å². The number of hydrogen-bond donors (Lipinski definition) is 2. The molecule has 1 aromatic heterocycles. The second-order valence-electron chi connectivity index (χ2n) is 2.79. The molecule has 0 aliphatic carbocycles. The fraction of sp³-hybridized carbons (Fsp3) is 0.444. The summed E-state index contributed by atoms with van der Waals surface area (Å²) < 4.78 is 5.34. The standard InChI is InChI=1S/C9H14N2O2S/c1-2-5-13-6-7-3-4-8(14-7)9(12)11-10/h3-4H,2,5-6,10H2,1H3,(H,11,12). The number of thiophene rings is 1. The van der Waals surface area contributed by atoms with Crippen LogP contribution < -0.4 is 11.3 Å². The topological polar surface area (TPSA) is 64.3 Å².